The first-order valence-electron chi connectivity index (χ1n) is 8.17. The summed E-state index contributed by atoms with van der Waals surface area (Å²) in [7, 11) is 0. The van der Waals surface area contributed by atoms with Crippen LogP contribution in [0.25, 0.3) is 0 Å². The molecule has 25 heavy (non-hydrogen) atoms. The highest BCUT2D eigenvalue weighted by molar-refractivity contribution is 5.82. The molecule has 0 saturated carbocycles. The Kier molecular flexibility index (Phi) is 4.70. The largest absolute Gasteiger partial charge is 0.471 e. The van der Waals surface area contributed by atoms with Crippen molar-refractivity contribution < 1.29 is 18.0 Å². The molecule has 6 heteroatoms. The molecule has 0 fully saturated rings. The predicted octanol–water partition coefficient (Wildman–Crippen LogP) is 4.11. The van der Waals surface area contributed by atoms with Gasteiger partial charge in [-0.25, -0.2) is 0 Å². The highest BCUT2D eigenvalue weighted by Crippen LogP contribution is 2.41. The van der Waals surface area contributed by atoms with Crippen molar-refractivity contribution in [1.82, 2.24) is 5.32 Å². The third-order valence-electron chi connectivity index (χ3n) is 4.64. The number of carbonyl (C=O) groups excluding carboxylic acids is 1. The normalized spacial score (nSPS) is 18.3. The van der Waals surface area contributed by atoms with E-state index in [0.29, 0.717) is 17.7 Å². The van der Waals surface area contributed by atoms with E-state index in [2.05, 4.69) is 5.32 Å². The average molecular weight is 348 g/mol. The van der Waals surface area contributed by atoms with Crippen LogP contribution in [0.5, 0.6) is 0 Å². The van der Waals surface area contributed by atoms with Crippen molar-refractivity contribution in [2.75, 3.05) is 5.73 Å². The van der Waals surface area contributed by atoms with Gasteiger partial charge >= 0.3 is 12.1 Å². The van der Waals surface area contributed by atoms with E-state index in [0.717, 1.165) is 24.0 Å². The quantitative estimate of drug-likeness (QED) is 0.820. The van der Waals surface area contributed by atoms with Gasteiger partial charge in [0.2, 0.25) is 0 Å². The molecule has 3 N–H and O–H groups in total. The molecule has 3 nitrogen and oxygen atoms in total. The summed E-state index contributed by atoms with van der Waals surface area (Å²) < 4.78 is 38.5. The lowest BCUT2D eigenvalue weighted by Crippen LogP contribution is -2.41. The Labute approximate surface area is 144 Å². The van der Waals surface area contributed by atoms with Crippen LogP contribution >= 0.6 is 0 Å². The molecule has 0 saturated heterocycles. The highest BCUT2D eigenvalue weighted by Gasteiger charge is 2.41. The minimum absolute atomic E-state index is 0.249. The maximum atomic E-state index is 12.8. The van der Waals surface area contributed by atoms with Crippen molar-refractivity contribution in [1.29, 1.82) is 0 Å². The molecule has 2 aromatic carbocycles. The van der Waals surface area contributed by atoms with Gasteiger partial charge in [0.05, 0.1) is 6.04 Å². The molecule has 1 amide bonds. The van der Waals surface area contributed by atoms with E-state index < -0.39 is 18.1 Å². The fraction of sp³-hybridized carbons (Fsp3) is 0.316. The fourth-order valence-electron chi connectivity index (χ4n) is 3.50. The number of hydrogen-bond donors (Lipinski definition) is 2. The summed E-state index contributed by atoms with van der Waals surface area (Å²) in [6, 6.07) is 13.6. The summed E-state index contributed by atoms with van der Waals surface area (Å²) in [5, 5.41) is 2.20. The second-order valence-electron chi connectivity index (χ2n) is 6.32. The molecule has 2 unspecified atom stereocenters. The van der Waals surface area contributed by atoms with Gasteiger partial charge < -0.3 is 11.1 Å². The molecular weight excluding hydrogens is 329 g/mol. The lowest BCUT2D eigenvalue weighted by Gasteiger charge is -2.33. The molecule has 2 aromatic rings. The van der Waals surface area contributed by atoms with Crippen LogP contribution in [0.4, 0.5) is 18.9 Å². The number of nitrogens with one attached hydrogen (secondary N) is 1. The van der Waals surface area contributed by atoms with Gasteiger partial charge in [0, 0.05) is 11.6 Å². The Balaban J connectivity index is 2.01. The van der Waals surface area contributed by atoms with Crippen LogP contribution in [0.3, 0.4) is 0 Å². The standard InChI is InChI=1S/C19H19F3N2O/c20-19(21,22)18(25)24-17(13-5-2-1-3-6-13)15-8-4-7-12-9-10-14(23)11-16(12)15/h1-3,5-6,9-11,15,17H,4,7-8,23H2,(H,24,25). The molecule has 2 atom stereocenters. The number of aryl methyl sites for hydroxylation is 1. The first-order chi connectivity index (χ1) is 11.9. The Morgan fingerprint density at radius 1 is 1.16 bits per heavy atom. The minimum Gasteiger partial charge on any atom is -0.399 e. The number of amides is 1. The second-order valence-corrected chi connectivity index (χ2v) is 6.32. The van der Waals surface area contributed by atoms with Crippen molar-refractivity contribution in [3.63, 3.8) is 0 Å². The number of alkyl halides is 3. The number of nitrogen functional groups attached to an aromatic ring is 1. The maximum absolute atomic E-state index is 12.8. The number of nitrogens with two attached hydrogens (primary N) is 1. The van der Waals surface area contributed by atoms with E-state index in [4.69, 9.17) is 5.73 Å². The number of carbonyl (C=O) groups is 1. The molecule has 0 heterocycles. The number of hydrogen-bond acceptors (Lipinski definition) is 2. The van der Waals surface area contributed by atoms with Crippen LogP contribution in [0.15, 0.2) is 48.5 Å². The summed E-state index contributed by atoms with van der Waals surface area (Å²) in [4.78, 5) is 11.6. The van der Waals surface area contributed by atoms with Crippen LogP contribution in [0.2, 0.25) is 0 Å². The van der Waals surface area contributed by atoms with E-state index >= 15 is 0 Å². The summed E-state index contributed by atoms with van der Waals surface area (Å²) in [5.74, 6) is -2.17. The number of rotatable bonds is 3. The molecule has 0 aliphatic heterocycles. The lowest BCUT2D eigenvalue weighted by molar-refractivity contribution is -0.174. The van der Waals surface area contributed by atoms with Crippen LogP contribution in [0.1, 0.15) is 41.5 Å². The Morgan fingerprint density at radius 3 is 2.56 bits per heavy atom. The molecule has 1 aliphatic rings. The van der Waals surface area contributed by atoms with Crippen molar-refractivity contribution in [3.8, 4) is 0 Å². The molecule has 0 aromatic heterocycles. The molecule has 1 aliphatic carbocycles. The SMILES string of the molecule is Nc1ccc2c(c1)C(C(NC(=O)C(F)(F)F)c1ccccc1)CCC2. The lowest BCUT2D eigenvalue weighted by atomic mass is 9.76. The fourth-order valence-corrected chi connectivity index (χ4v) is 3.50. The number of benzene rings is 2. The van der Waals surface area contributed by atoms with Gasteiger partial charge in [-0.15, -0.1) is 0 Å². The van der Waals surface area contributed by atoms with Crippen LogP contribution in [-0.2, 0) is 11.2 Å². The van der Waals surface area contributed by atoms with Gasteiger partial charge in [0.15, 0.2) is 0 Å². The van der Waals surface area contributed by atoms with Crippen LogP contribution in [0, 0.1) is 0 Å². The third kappa shape index (κ3) is 3.78. The van der Waals surface area contributed by atoms with E-state index in [9.17, 15) is 18.0 Å². The van der Waals surface area contributed by atoms with Gasteiger partial charge in [-0.1, -0.05) is 36.4 Å². The molecule has 0 bridgehead atoms. The maximum Gasteiger partial charge on any atom is 0.471 e. The predicted molar refractivity (Wildman–Crippen MR) is 89.9 cm³/mol. The van der Waals surface area contributed by atoms with Gasteiger partial charge in [-0.3, -0.25) is 4.79 Å². The summed E-state index contributed by atoms with van der Waals surface area (Å²) in [6.07, 6.45) is -2.51. The Morgan fingerprint density at radius 2 is 1.88 bits per heavy atom. The average Bonchev–Trinajstić information content (AvgIpc) is 2.59. The Bertz CT molecular complexity index is 759. The number of halogens is 3. The Hall–Kier alpha value is -2.50. The molecule has 3 rings (SSSR count). The van der Waals surface area contributed by atoms with E-state index in [1.807, 2.05) is 12.1 Å². The van der Waals surface area contributed by atoms with Crippen molar-refractivity contribution in [2.45, 2.75) is 37.4 Å². The van der Waals surface area contributed by atoms with E-state index in [-0.39, 0.29) is 5.92 Å². The van der Waals surface area contributed by atoms with Crippen LogP contribution in [-0.4, -0.2) is 12.1 Å². The van der Waals surface area contributed by atoms with E-state index in [1.165, 1.54) is 0 Å². The first-order valence-corrected chi connectivity index (χ1v) is 8.17. The molecule has 0 radical (unpaired) electrons. The van der Waals surface area contributed by atoms with Crippen molar-refractivity contribution in [2.24, 2.45) is 0 Å². The zero-order valence-corrected chi connectivity index (χ0v) is 13.5. The van der Waals surface area contributed by atoms with Crippen molar-refractivity contribution in [3.05, 3.63) is 65.2 Å². The second kappa shape index (κ2) is 6.78. The summed E-state index contributed by atoms with van der Waals surface area (Å²) >= 11 is 0. The number of fused-ring (bicyclic) bond motifs is 1. The van der Waals surface area contributed by atoms with Crippen LogP contribution < -0.4 is 11.1 Å². The van der Waals surface area contributed by atoms with Gasteiger partial charge in [-0.05, 0) is 48.1 Å². The molecular formula is C19H19F3N2O. The third-order valence-corrected chi connectivity index (χ3v) is 4.64. The first kappa shape index (κ1) is 17.3. The van der Waals surface area contributed by atoms with Crippen molar-refractivity contribution >= 4 is 11.6 Å². The van der Waals surface area contributed by atoms with Gasteiger partial charge in [0.1, 0.15) is 0 Å². The smallest absolute Gasteiger partial charge is 0.399 e. The molecule has 0 spiro atoms. The molecule has 132 valence electrons. The zero-order chi connectivity index (χ0) is 18.0. The topological polar surface area (TPSA) is 55.1 Å². The summed E-state index contributed by atoms with van der Waals surface area (Å²) in [6.45, 7) is 0. The number of anilines is 1. The summed E-state index contributed by atoms with van der Waals surface area (Å²) in [5.41, 5.74) is 9.10. The van der Waals surface area contributed by atoms with E-state index in [1.54, 1.807) is 36.4 Å². The monoisotopic (exact) mass is 348 g/mol. The minimum atomic E-state index is -4.92. The van der Waals surface area contributed by atoms with Gasteiger partial charge in [0.25, 0.3) is 0 Å². The highest BCUT2D eigenvalue weighted by atomic mass is 19.4. The zero-order valence-electron chi connectivity index (χ0n) is 13.5. The van der Waals surface area contributed by atoms with Gasteiger partial charge in [-0.2, -0.15) is 13.2 Å².